The summed E-state index contributed by atoms with van der Waals surface area (Å²) in [6.45, 7) is 39.6. The molecule has 22 aliphatic rings. The molecule has 22 fully saturated rings. The van der Waals surface area contributed by atoms with Crippen LogP contribution in [-0.2, 0) is 95.3 Å². The van der Waals surface area contributed by atoms with Crippen molar-refractivity contribution in [2.24, 2.45) is 151 Å². The van der Waals surface area contributed by atoms with E-state index in [2.05, 4.69) is 27.7 Å². The predicted octanol–water partition coefficient (Wildman–Crippen LogP) is 17.5. The van der Waals surface area contributed by atoms with Crippen LogP contribution in [0.1, 0.15) is 338 Å². The van der Waals surface area contributed by atoms with Crippen LogP contribution in [0, 0.1) is 151 Å². The fraction of sp³-hybridized carbons (Fsp3) is 0.899. The molecule has 682 valence electrons. The number of aliphatic hydroxyl groups is 2. The summed E-state index contributed by atoms with van der Waals surface area (Å²) in [5.74, 6) is 3.78. The Bertz CT molecular complexity index is 3640. The maximum absolute atomic E-state index is 12.6. The molecule has 0 aromatic heterocycles. The van der Waals surface area contributed by atoms with E-state index in [0.29, 0.717) is 85.9 Å². The lowest BCUT2D eigenvalue weighted by Crippen LogP contribution is -2.61. The summed E-state index contributed by atoms with van der Waals surface area (Å²) in [5.41, 5.74) is -4.80. The molecule has 2 saturated heterocycles. The molecule has 0 spiro atoms. The largest absolute Gasteiger partial charge is 0.469 e. The summed E-state index contributed by atoms with van der Waals surface area (Å²) >= 11 is 0. The van der Waals surface area contributed by atoms with Crippen LogP contribution in [0.3, 0.4) is 0 Å². The number of ether oxygens (including phenoxy) is 10. The number of carbonyl (C=O) groups excluding carboxylic acids is 10. The van der Waals surface area contributed by atoms with Gasteiger partial charge in [-0.2, -0.15) is 0 Å². The van der Waals surface area contributed by atoms with Crippen molar-refractivity contribution in [3.05, 3.63) is 0 Å². The third-order valence-electron chi connectivity index (χ3n) is 36.1. The first kappa shape index (κ1) is 93.3. The number of rotatable bonds is 21. The summed E-state index contributed by atoms with van der Waals surface area (Å²) in [6, 6.07) is 0. The van der Waals surface area contributed by atoms with Crippen molar-refractivity contribution >= 4 is 59.7 Å². The first-order valence-electron chi connectivity index (χ1n) is 47.8. The number of esters is 10. The molecule has 2 aliphatic heterocycles. The zero-order valence-electron chi connectivity index (χ0n) is 77.8. The summed E-state index contributed by atoms with van der Waals surface area (Å²) in [6.07, 6.45) is 29.7. The molecule has 22 nitrogen and oxygen atoms in total. The van der Waals surface area contributed by atoms with Crippen LogP contribution >= 0.6 is 0 Å². The molecule has 20 aliphatic carbocycles. The zero-order chi connectivity index (χ0) is 88.6. The molecule has 2 heterocycles. The fourth-order valence-corrected chi connectivity index (χ4v) is 27.5. The van der Waals surface area contributed by atoms with Gasteiger partial charge in [-0.1, -0.05) is 48.5 Å². The van der Waals surface area contributed by atoms with E-state index in [0.717, 1.165) is 107 Å². The van der Waals surface area contributed by atoms with Crippen molar-refractivity contribution in [1.82, 2.24) is 0 Å². The Morgan fingerprint density at radius 2 is 0.628 bits per heavy atom. The predicted molar refractivity (Wildman–Crippen MR) is 450 cm³/mol. The van der Waals surface area contributed by atoms with Crippen LogP contribution < -0.4 is 0 Å². The van der Waals surface area contributed by atoms with Gasteiger partial charge in [0.2, 0.25) is 0 Å². The highest BCUT2D eigenvalue weighted by Crippen LogP contribution is 2.66. The van der Waals surface area contributed by atoms with Crippen LogP contribution in [0.15, 0.2) is 0 Å². The zero-order valence-corrected chi connectivity index (χ0v) is 77.8. The Hall–Kier alpha value is -5.38. The molecule has 20 saturated carbocycles. The van der Waals surface area contributed by atoms with Crippen molar-refractivity contribution in [3.63, 3.8) is 0 Å². The van der Waals surface area contributed by atoms with Crippen LogP contribution in [0.5, 0.6) is 0 Å². The Kier molecular flexibility index (Phi) is 26.0. The quantitative estimate of drug-likeness (QED) is 0.0797. The topological polar surface area (TPSA) is 303 Å². The standard InChI is InChI=1S/C18H30O2.C17H28O2.2C16H22O6.2C16H26O3/c1-5-17(3,4)16(19)20-18(6-2)14-8-12-7-13(10-14)11-15(18)9-12;1-5-16(2,3)15(18)19-17(4)13-7-11-6-12(9-13)10-14(17)8-11;2*1-5-16(2,3)15(19)22-12-7-6-8-10(9(7)13(17)20-4)14(18)21-11(8)12;2*1-4-14(2,3)13(17)19-16-8-11-5-12(9-16)7-15(18,6-11)10-16/h12-15H,5-11H2,1-4H3;11-14H,5-10H2,1-4H3;2*7-12H,5-6H2,1-4H3;2*11-12,18H,4-10H2,1-3H3. The molecular formula is C99H154O22. The lowest BCUT2D eigenvalue weighted by atomic mass is 9.49. The van der Waals surface area contributed by atoms with Gasteiger partial charge in [0.15, 0.2) is 0 Å². The van der Waals surface area contributed by atoms with Gasteiger partial charge in [-0.3, -0.25) is 47.9 Å². The molecule has 2 N–H and O–H groups in total. The van der Waals surface area contributed by atoms with Gasteiger partial charge in [0.1, 0.15) is 46.8 Å². The lowest BCUT2D eigenvalue weighted by molar-refractivity contribution is -0.226. The Morgan fingerprint density at radius 3 is 0.909 bits per heavy atom. The van der Waals surface area contributed by atoms with E-state index < -0.39 is 92.9 Å². The Morgan fingerprint density at radius 1 is 0.355 bits per heavy atom. The second kappa shape index (κ2) is 33.7. The van der Waals surface area contributed by atoms with Crippen LogP contribution in [0.2, 0.25) is 0 Å². The Labute approximate surface area is 722 Å². The number of carbonyl (C=O) groups is 10. The first-order chi connectivity index (χ1) is 56.4. The van der Waals surface area contributed by atoms with Gasteiger partial charge in [0.25, 0.3) is 0 Å². The highest BCUT2D eigenvalue weighted by atomic mass is 16.6. The van der Waals surface area contributed by atoms with Crippen LogP contribution in [0.25, 0.3) is 0 Å². The van der Waals surface area contributed by atoms with Crippen molar-refractivity contribution in [1.29, 1.82) is 0 Å². The maximum atomic E-state index is 12.6. The van der Waals surface area contributed by atoms with E-state index in [1.165, 1.54) is 91.3 Å². The second-order valence-corrected chi connectivity index (χ2v) is 46.6. The fourth-order valence-electron chi connectivity index (χ4n) is 27.5. The summed E-state index contributed by atoms with van der Waals surface area (Å²) < 4.78 is 56.2. The van der Waals surface area contributed by atoms with E-state index in [-0.39, 0.29) is 105 Å². The van der Waals surface area contributed by atoms with Crippen LogP contribution in [-0.4, -0.2) is 142 Å². The van der Waals surface area contributed by atoms with E-state index in [4.69, 9.17) is 47.4 Å². The van der Waals surface area contributed by atoms with Gasteiger partial charge in [-0.15, -0.1) is 0 Å². The third-order valence-corrected chi connectivity index (χ3v) is 36.1. The van der Waals surface area contributed by atoms with E-state index in [1.807, 2.05) is 111 Å². The van der Waals surface area contributed by atoms with Gasteiger partial charge < -0.3 is 57.6 Å². The SMILES string of the molecule is CCC(C)(C)C(=O)OC1(C)C2CC3CC(C2)CC1C3.CCC(C)(C)C(=O)OC1(CC)C2CC3CC(C2)CC1C3.CCC(C)(C)C(=O)OC12CC3CC(CC(O)(C3)C1)C2.CCC(C)(C)C(=O)OC12CC3CC(CC(O)(C3)C1)C2.CCC(C)(C)C(=O)OC1C2CC3C1OC(=O)C3C2C(=O)OC.CCC(C)(C)C(=O)OC1C2CC3C1OC(=O)C3C2C(=O)OC. The minimum atomic E-state index is -0.593. The highest BCUT2D eigenvalue weighted by Gasteiger charge is 2.73. The summed E-state index contributed by atoms with van der Waals surface area (Å²) in [7, 11) is 2.63. The van der Waals surface area contributed by atoms with Gasteiger partial charge >= 0.3 is 59.7 Å². The van der Waals surface area contributed by atoms with Crippen molar-refractivity contribution in [2.45, 2.75) is 396 Å². The summed E-state index contributed by atoms with van der Waals surface area (Å²) in [5, 5.41) is 21.3. The molecule has 16 unspecified atom stereocenters. The molecule has 22 heteroatoms. The smallest absolute Gasteiger partial charge is 0.312 e. The van der Waals surface area contributed by atoms with E-state index >= 15 is 0 Å². The molecule has 121 heavy (non-hydrogen) atoms. The van der Waals surface area contributed by atoms with Crippen LogP contribution in [0.4, 0.5) is 0 Å². The van der Waals surface area contributed by atoms with Gasteiger partial charge in [-0.05, 0) is 347 Å². The van der Waals surface area contributed by atoms with E-state index in [1.54, 1.807) is 0 Å². The molecular weight excluding hydrogens is 1540 g/mol. The maximum Gasteiger partial charge on any atom is 0.312 e. The van der Waals surface area contributed by atoms with E-state index in [9.17, 15) is 58.2 Å². The minimum Gasteiger partial charge on any atom is -0.469 e. The normalized spacial score (nSPS) is 42.1. The molecule has 0 radical (unpaired) electrons. The minimum absolute atomic E-state index is 0.0185. The van der Waals surface area contributed by atoms with Gasteiger partial charge in [-0.25, -0.2) is 0 Å². The van der Waals surface area contributed by atoms with Crippen molar-refractivity contribution in [3.8, 4) is 0 Å². The van der Waals surface area contributed by atoms with Gasteiger partial charge in [0.05, 0.1) is 81.6 Å². The Balaban J connectivity index is 0.000000125. The third kappa shape index (κ3) is 17.6. The molecule has 20 bridgehead atoms. The molecule has 0 amide bonds. The number of hydrogen-bond donors (Lipinski definition) is 2. The molecule has 0 aromatic carbocycles. The first-order valence-corrected chi connectivity index (χ1v) is 47.8. The second-order valence-electron chi connectivity index (χ2n) is 46.6. The molecule has 16 atom stereocenters. The average Bonchev–Trinajstić information content (AvgIpc) is 1.27. The van der Waals surface area contributed by atoms with Crippen molar-refractivity contribution < 1.29 is 106 Å². The highest BCUT2D eigenvalue weighted by molar-refractivity contribution is 5.88. The number of methoxy groups -OCH3 is 2. The van der Waals surface area contributed by atoms with Gasteiger partial charge in [0, 0.05) is 36.5 Å². The summed E-state index contributed by atoms with van der Waals surface area (Å²) in [4.78, 5) is 123. The monoisotopic (exact) mass is 1700 g/mol. The number of hydrogen-bond acceptors (Lipinski definition) is 22. The average molecular weight is 1700 g/mol. The van der Waals surface area contributed by atoms with Crippen molar-refractivity contribution in [2.75, 3.05) is 14.2 Å². The number of fused-ring (bicyclic) bond motifs is 2. The molecule has 0 aromatic rings. The molecule has 22 rings (SSSR count). The lowest BCUT2D eigenvalue weighted by Gasteiger charge is -2.60.